The van der Waals surface area contributed by atoms with Crippen LogP contribution in [0.2, 0.25) is 0 Å². The molecule has 6 nitrogen and oxygen atoms in total. The number of H-pyrrole nitrogens is 1. The van der Waals surface area contributed by atoms with E-state index in [-0.39, 0.29) is 17.9 Å². The number of carbonyl (C=O) groups is 1. The zero-order chi connectivity index (χ0) is 21.8. The van der Waals surface area contributed by atoms with Gasteiger partial charge in [0.25, 0.3) is 0 Å². The summed E-state index contributed by atoms with van der Waals surface area (Å²) >= 11 is 0. The van der Waals surface area contributed by atoms with Gasteiger partial charge < -0.3 is 19.8 Å². The molecule has 164 valence electrons. The van der Waals surface area contributed by atoms with Crippen LogP contribution in [-0.2, 0) is 14.9 Å². The van der Waals surface area contributed by atoms with E-state index in [1.54, 1.807) is 7.11 Å². The number of methoxy groups -OCH3 is 1. The summed E-state index contributed by atoms with van der Waals surface area (Å²) < 4.78 is 10.9. The molecule has 4 rings (SSSR count). The number of imidazole rings is 1. The molecule has 1 fully saturated rings. The van der Waals surface area contributed by atoms with E-state index in [2.05, 4.69) is 24.1 Å². The Labute approximate surface area is 183 Å². The lowest BCUT2D eigenvalue weighted by Gasteiger charge is -2.38. The van der Waals surface area contributed by atoms with Crippen LogP contribution in [-0.4, -0.2) is 36.2 Å². The number of hydrogen-bond acceptors (Lipinski definition) is 4. The van der Waals surface area contributed by atoms with Crippen molar-refractivity contribution in [3.63, 3.8) is 0 Å². The number of carbonyl (C=O) groups excluding carboxylic acids is 1. The maximum atomic E-state index is 13.9. The van der Waals surface area contributed by atoms with Gasteiger partial charge in [0.15, 0.2) is 0 Å². The molecule has 0 aliphatic carbocycles. The Morgan fingerprint density at radius 3 is 2.55 bits per heavy atom. The fourth-order valence-corrected chi connectivity index (χ4v) is 4.39. The van der Waals surface area contributed by atoms with Gasteiger partial charge >= 0.3 is 0 Å². The van der Waals surface area contributed by atoms with E-state index >= 15 is 0 Å². The number of rotatable bonds is 7. The highest BCUT2D eigenvalue weighted by atomic mass is 16.5. The summed E-state index contributed by atoms with van der Waals surface area (Å²) in [5, 5.41) is 3.36. The molecule has 6 heteroatoms. The van der Waals surface area contributed by atoms with Crippen molar-refractivity contribution in [3.05, 3.63) is 59.9 Å². The normalized spacial score (nSPS) is 17.8. The van der Waals surface area contributed by atoms with Crippen LogP contribution in [0.4, 0.5) is 0 Å². The third-order valence-corrected chi connectivity index (χ3v) is 6.63. The van der Waals surface area contributed by atoms with E-state index < -0.39 is 5.41 Å². The summed E-state index contributed by atoms with van der Waals surface area (Å²) in [6, 6.07) is 15.6. The van der Waals surface area contributed by atoms with Crippen molar-refractivity contribution in [1.82, 2.24) is 15.3 Å². The lowest BCUT2D eigenvalue weighted by atomic mass is 9.73. The van der Waals surface area contributed by atoms with Crippen LogP contribution in [0.25, 0.3) is 11.0 Å². The Hall–Kier alpha value is -2.86. The smallest absolute Gasteiger partial charge is 0.231 e. The Balaban J connectivity index is 1.67. The van der Waals surface area contributed by atoms with Crippen molar-refractivity contribution in [2.75, 3.05) is 20.3 Å². The Kier molecular flexibility index (Phi) is 6.28. The molecule has 0 saturated carbocycles. The molecule has 0 radical (unpaired) electrons. The van der Waals surface area contributed by atoms with Gasteiger partial charge in [-0.15, -0.1) is 0 Å². The Morgan fingerprint density at radius 1 is 1.19 bits per heavy atom. The number of fused-ring (bicyclic) bond motifs is 1. The van der Waals surface area contributed by atoms with Crippen molar-refractivity contribution in [2.24, 2.45) is 5.92 Å². The summed E-state index contributed by atoms with van der Waals surface area (Å²) in [6.07, 6.45) is 2.23. The minimum absolute atomic E-state index is 0.0340. The molecule has 2 N–H and O–H groups in total. The summed E-state index contributed by atoms with van der Waals surface area (Å²) in [5.41, 5.74) is 2.27. The third-order valence-electron chi connectivity index (χ3n) is 6.63. The molecule has 31 heavy (non-hydrogen) atoms. The van der Waals surface area contributed by atoms with Crippen LogP contribution in [0.3, 0.4) is 0 Å². The lowest BCUT2D eigenvalue weighted by Crippen LogP contribution is -2.50. The van der Waals surface area contributed by atoms with Crippen LogP contribution >= 0.6 is 0 Å². The van der Waals surface area contributed by atoms with Gasteiger partial charge in [-0.2, -0.15) is 0 Å². The maximum Gasteiger partial charge on any atom is 0.231 e. The number of aromatic amines is 1. The second kappa shape index (κ2) is 9.10. The van der Waals surface area contributed by atoms with Crippen LogP contribution < -0.4 is 10.1 Å². The second-order valence-corrected chi connectivity index (χ2v) is 8.40. The number of benzene rings is 2. The first-order valence-electron chi connectivity index (χ1n) is 11.1. The number of para-hydroxylation sites is 2. The molecule has 1 amide bonds. The molecule has 2 heterocycles. The van der Waals surface area contributed by atoms with Crippen LogP contribution in [0.15, 0.2) is 48.5 Å². The Morgan fingerprint density at radius 2 is 1.90 bits per heavy atom. The molecule has 1 aromatic heterocycles. The zero-order valence-electron chi connectivity index (χ0n) is 18.5. The first-order valence-corrected chi connectivity index (χ1v) is 11.1. The van der Waals surface area contributed by atoms with Gasteiger partial charge in [-0.25, -0.2) is 4.98 Å². The molecule has 3 aromatic rings. The molecular weight excluding hydrogens is 390 g/mol. The van der Waals surface area contributed by atoms with Gasteiger partial charge in [0, 0.05) is 13.2 Å². The minimum Gasteiger partial charge on any atom is -0.497 e. The maximum absolute atomic E-state index is 13.9. The molecule has 1 aliphatic rings. The highest BCUT2D eigenvalue weighted by Crippen LogP contribution is 2.37. The standard InChI is InChI=1S/C25H31N3O3/c1-4-17(2)22(23-26-20-7-5-6-8-21(20)27-23)28-24(29)25(13-15-31-16-14-25)18-9-11-19(30-3)12-10-18/h5-12,17,22H,4,13-16H2,1-3H3,(H,26,27)(H,28,29)/t17-,22-/m0/s1. The number of amides is 1. The fourth-order valence-electron chi connectivity index (χ4n) is 4.39. The number of nitrogens with zero attached hydrogens (tertiary/aromatic N) is 1. The molecule has 2 atom stereocenters. The monoisotopic (exact) mass is 421 g/mol. The third kappa shape index (κ3) is 4.17. The highest BCUT2D eigenvalue weighted by Gasteiger charge is 2.43. The van der Waals surface area contributed by atoms with E-state index in [0.717, 1.165) is 34.6 Å². The van der Waals surface area contributed by atoms with Gasteiger partial charge in [-0.1, -0.05) is 44.5 Å². The van der Waals surface area contributed by atoms with Crippen molar-refractivity contribution < 1.29 is 14.3 Å². The second-order valence-electron chi connectivity index (χ2n) is 8.40. The molecule has 1 saturated heterocycles. The zero-order valence-corrected chi connectivity index (χ0v) is 18.5. The predicted molar refractivity (Wildman–Crippen MR) is 121 cm³/mol. The number of ether oxygens (including phenoxy) is 2. The quantitative estimate of drug-likeness (QED) is 0.588. The van der Waals surface area contributed by atoms with Crippen molar-refractivity contribution in [2.45, 2.75) is 44.6 Å². The number of nitrogens with one attached hydrogen (secondary N) is 2. The van der Waals surface area contributed by atoms with E-state index in [4.69, 9.17) is 14.5 Å². The van der Waals surface area contributed by atoms with Gasteiger partial charge in [-0.05, 0) is 48.6 Å². The highest BCUT2D eigenvalue weighted by molar-refractivity contribution is 5.89. The molecule has 0 unspecified atom stereocenters. The number of aromatic nitrogens is 2. The minimum atomic E-state index is -0.623. The van der Waals surface area contributed by atoms with Crippen molar-refractivity contribution in [3.8, 4) is 5.75 Å². The van der Waals surface area contributed by atoms with E-state index in [1.165, 1.54) is 0 Å². The van der Waals surface area contributed by atoms with Crippen LogP contribution in [0.1, 0.15) is 50.5 Å². The predicted octanol–water partition coefficient (Wildman–Crippen LogP) is 4.52. The SMILES string of the molecule is CC[C@H](C)[C@H](NC(=O)C1(c2ccc(OC)cc2)CCOCC1)c1nc2ccccc2[nH]1. The van der Waals surface area contributed by atoms with E-state index in [0.29, 0.717) is 26.1 Å². The van der Waals surface area contributed by atoms with E-state index in [9.17, 15) is 4.79 Å². The van der Waals surface area contributed by atoms with Crippen LogP contribution in [0.5, 0.6) is 5.75 Å². The molecule has 2 aromatic carbocycles. The summed E-state index contributed by atoms with van der Waals surface area (Å²) in [5.74, 6) is 1.86. The molecular formula is C25H31N3O3. The number of hydrogen-bond donors (Lipinski definition) is 2. The van der Waals surface area contributed by atoms with Crippen LogP contribution in [0, 0.1) is 5.92 Å². The average Bonchev–Trinajstić information content (AvgIpc) is 3.26. The van der Waals surface area contributed by atoms with Crippen molar-refractivity contribution >= 4 is 16.9 Å². The summed E-state index contributed by atoms with van der Waals surface area (Å²) in [4.78, 5) is 22.1. The van der Waals surface area contributed by atoms with Crippen molar-refractivity contribution in [1.29, 1.82) is 0 Å². The van der Waals surface area contributed by atoms with Gasteiger partial charge in [0.2, 0.25) is 5.91 Å². The molecule has 1 aliphatic heterocycles. The van der Waals surface area contributed by atoms with E-state index in [1.807, 2.05) is 48.5 Å². The molecule has 0 spiro atoms. The lowest BCUT2D eigenvalue weighted by molar-refractivity contribution is -0.131. The first-order chi connectivity index (χ1) is 15.1. The first kappa shape index (κ1) is 21.4. The largest absolute Gasteiger partial charge is 0.497 e. The van der Waals surface area contributed by atoms with Gasteiger partial charge in [0.05, 0.1) is 29.6 Å². The summed E-state index contributed by atoms with van der Waals surface area (Å²) in [6.45, 7) is 5.43. The van der Waals surface area contributed by atoms with Gasteiger partial charge in [-0.3, -0.25) is 4.79 Å². The fraction of sp³-hybridized carbons (Fsp3) is 0.440. The van der Waals surface area contributed by atoms with Gasteiger partial charge in [0.1, 0.15) is 11.6 Å². The average molecular weight is 422 g/mol. The summed E-state index contributed by atoms with van der Waals surface area (Å²) in [7, 11) is 1.65. The Bertz CT molecular complexity index is 989. The topological polar surface area (TPSA) is 76.2 Å². The molecule has 0 bridgehead atoms.